The van der Waals surface area contributed by atoms with Crippen LogP contribution in [0.1, 0.15) is 30.0 Å². The fourth-order valence-electron chi connectivity index (χ4n) is 1.77. The predicted molar refractivity (Wildman–Crippen MR) is 67.7 cm³/mol. The number of aryl methyl sites for hydroxylation is 1. The van der Waals surface area contributed by atoms with Crippen molar-refractivity contribution in [3.05, 3.63) is 34.9 Å². The second-order valence-corrected chi connectivity index (χ2v) is 4.65. The molecular formula is C15H15F3O. The third kappa shape index (κ3) is 4.78. The van der Waals surface area contributed by atoms with Crippen LogP contribution in [-0.4, -0.2) is 12.0 Å². The van der Waals surface area contributed by atoms with Crippen molar-refractivity contribution < 1.29 is 18.0 Å². The van der Waals surface area contributed by atoms with E-state index in [2.05, 4.69) is 5.92 Å². The zero-order valence-corrected chi connectivity index (χ0v) is 10.8. The maximum absolute atomic E-state index is 12.2. The molecule has 1 aromatic carbocycles. The van der Waals surface area contributed by atoms with Crippen LogP contribution in [0.3, 0.4) is 0 Å². The summed E-state index contributed by atoms with van der Waals surface area (Å²) in [5.74, 6) is 0.989. The van der Waals surface area contributed by atoms with E-state index in [1.165, 1.54) is 6.92 Å². The topological polar surface area (TPSA) is 17.1 Å². The van der Waals surface area contributed by atoms with Gasteiger partial charge in [0.25, 0.3) is 0 Å². The van der Waals surface area contributed by atoms with Crippen molar-refractivity contribution in [1.29, 1.82) is 0 Å². The molecule has 1 nitrogen and oxygen atoms in total. The number of terminal acetylenes is 1. The number of ketones is 1. The number of benzene rings is 1. The SMILES string of the molecule is C#Cc1ccc(C)c(CC(=O)C(C)CC(F)(F)F)c1. The van der Waals surface area contributed by atoms with Crippen LogP contribution >= 0.6 is 0 Å². The number of carbonyl (C=O) groups excluding carboxylic acids is 1. The Bertz CT molecular complexity index is 509. The van der Waals surface area contributed by atoms with Crippen LogP contribution < -0.4 is 0 Å². The number of alkyl halides is 3. The number of rotatable bonds is 4. The molecule has 0 aliphatic rings. The first-order chi connectivity index (χ1) is 8.73. The van der Waals surface area contributed by atoms with Gasteiger partial charge in [-0.3, -0.25) is 4.79 Å². The highest BCUT2D eigenvalue weighted by Gasteiger charge is 2.32. The molecule has 0 spiro atoms. The molecule has 0 heterocycles. The van der Waals surface area contributed by atoms with Gasteiger partial charge in [-0.15, -0.1) is 6.42 Å². The Morgan fingerprint density at radius 2 is 2.05 bits per heavy atom. The van der Waals surface area contributed by atoms with Crippen molar-refractivity contribution in [2.24, 2.45) is 5.92 Å². The lowest BCUT2D eigenvalue weighted by molar-refractivity contribution is -0.151. The predicted octanol–water partition coefficient (Wildman–Crippen LogP) is 3.68. The van der Waals surface area contributed by atoms with Gasteiger partial charge in [-0.05, 0) is 30.2 Å². The van der Waals surface area contributed by atoms with Crippen molar-refractivity contribution in [3.8, 4) is 12.3 Å². The molecule has 19 heavy (non-hydrogen) atoms. The molecule has 0 aliphatic carbocycles. The van der Waals surface area contributed by atoms with Gasteiger partial charge in [0.05, 0.1) is 6.42 Å². The lowest BCUT2D eigenvalue weighted by Crippen LogP contribution is -2.21. The van der Waals surface area contributed by atoms with E-state index in [9.17, 15) is 18.0 Å². The van der Waals surface area contributed by atoms with Crippen LogP contribution in [0.4, 0.5) is 13.2 Å². The summed E-state index contributed by atoms with van der Waals surface area (Å²) in [6, 6.07) is 5.18. The molecule has 1 unspecified atom stereocenters. The van der Waals surface area contributed by atoms with Crippen LogP contribution in [-0.2, 0) is 11.2 Å². The maximum Gasteiger partial charge on any atom is 0.389 e. The monoisotopic (exact) mass is 268 g/mol. The van der Waals surface area contributed by atoms with Crippen molar-refractivity contribution in [2.45, 2.75) is 32.9 Å². The Labute approximate surface area is 110 Å². The summed E-state index contributed by atoms with van der Waals surface area (Å²) in [5.41, 5.74) is 2.16. The van der Waals surface area contributed by atoms with E-state index in [4.69, 9.17) is 6.42 Å². The molecule has 0 N–H and O–H groups in total. The Balaban J connectivity index is 2.80. The summed E-state index contributed by atoms with van der Waals surface area (Å²) >= 11 is 0. The highest BCUT2D eigenvalue weighted by atomic mass is 19.4. The number of hydrogen-bond donors (Lipinski definition) is 0. The third-order valence-electron chi connectivity index (χ3n) is 2.97. The molecular weight excluding hydrogens is 253 g/mol. The molecule has 0 saturated carbocycles. The summed E-state index contributed by atoms with van der Waals surface area (Å²) in [4.78, 5) is 11.8. The van der Waals surface area contributed by atoms with E-state index in [-0.39, 0.29) is 6.42 Å². The molecule has 1 rings (SSSR count). The van der Waals surface area contributed by atoms with Gasteiger partial charge in [-0.25, -0.2) is 0 Å². The molecule has 0 saturated heterocycles. The smallest absolute Gasteiger partial charge is 0.299 e. The van der Waals surface area contributed by atoms with E-state index < -0.39 is 24.3 Å². The lowest BCUT2D eigenvalue weighted by Gasteiger charge is -2.14. The van der Waals surface area contributed by atoms with Crippen molar-refractivity contribution in [2.75, 3.05) is 0 Å². The van der Waals surface area contributed by atoms with Gasteiger partial charge in [0.2, 0.25) is 0 Å². The summed E-state index contributed by atoms with van der Waals surface area (Å²) in [5, 5.41) is 0. The second kappa shape index (κ2) is 5.92. The molecule has 1 atom stereocenters. The van der Waals surface area contributed by atoms with Crippen LogP contribution in [0.25, 0.3) is 0 Å². The highest BCUT2D eigenvalue weighted by Crippen LogP contribution is 2.26. The average Bonchev–Trinajstić information content (AvgIpc) is 2.29. The molecule has 0 radical (unpaired) electrons. The fourth-order valence-corrected chi connectivity index (χ4v) is 1.77. The van der Waals surface area contributed by atoms with Gasteiger partial charge < -0.3 is 0 Å². The van der Waals surface area contributed by atoms with Crippen molar-refractivity contribution in [3.63, 3.8) is 0 Å². The van der Waals surface area contributed by atoms with Gasteiger partial charge in [0.1, 0.15) is 5.78 Å². The molecule has 0 aromatic heterocycles. The van der Waals surface area contributed by atoms with Crippen LogP contribution in [0, 0.1) is 25.2 Å². The number of carbonyl (C=O) groups is 1. The Hall–Kier alpha value is -1.76. The maximum atomic E-state index is 12.2. The zero-order valence-electron chi connectivity index (χ0n) is 10.8. The molecule has 0 amide bonds. The number of hydrogen-bond acceptors (Lipinski definition) is 1. The summed E-state index contributed by atoms with van der Waals surface area (Å²) < 4.78 is 36.7. The minimum Gasteiger partial charge on any atom is -0.299 e. The Morgan fingerprint density at radius 3 is 2.58 bits per heavy atom. The Morgan fingerprint density at radius 1 is 1.42 bits per heavy atom. The lowest BCUT2D eigenvalue weighted by atomic mass is 9.93. The van der Waals surface area contributed by atoms with E-state index in [0.717, 1.165) is 5.56 Å². The van der Waals surface area contributed by atoms with Gasteiger partial charge in [0, 0.05) is 17.9 Å². The summed E-state index contributed by atoms with van der Waals surface area (Å²) in [6.45, 7) is 3.10. The normalized spacial score (nSPS) is 12.8. The fraction of sp³-hybridized carbons (Fsp3) is 0.400. The van der Waals surface area contributed by atoms with E-state index >= 15 is 0 Å². The minimum atomic E-state index is -4.31. The highest BCUT2D eigenvalue weighted by molar-refractivity contribution is 5.83. The van der Waals surface area contributed by atoms with Gasteiger partial charge >= 0.3 is 6.18 Å². The van der Waals surface area contributed by atoms with Crippen LogP contribution in [0.2, 0.25) is 0 Å². The number of Topliss-reactive ketones (excluding diaryl/α,β-unsaturated/α-hetero) is 1. The average molecular weight is 268 g/mol. The summed E-state index contributed by atoms with van der Waals surface area (Å²) in [7, 11) is 0. The van der Waals surface area contributed by atoms with Crippen LogP contribution in [0.15, 0.2) is 18.2 Å². The third-order valence-corrected chi connectivity index (χ3v) is 2.97. The van der Waals surface area contributed by atoms with Crippen molar-refractivity contribution >= 4 is 5.78 Å². The van der Waals surface area contributed by atoms with E-state index in [1.807, 2.05) is 0 Å². The van der Waals surface area contributed by atoms with Crippen molar-refractivity contribution in [1.82, 2.24) is 0 Å². The second-order valence-electron chi connectivity index (χ2n) is 4.65. The molecule has 0 bridgehead atoms. The molecule has 0 fully saturated rings. The molecule has 102 valence electrons. The van der Waals surface area contributed by atoms with E-state index in [1.54, 1.807) is 25.1 Å². The first kappa shape index (κ1) is 15.3. The van der Waals surface area contributed by atoms with E-state index in [0.29, 0.717) is 11.1 Å². The van der Waals surface area contributed by atoms with Gasteiger partial charge in [-0.1, -0.05) is 18.9 Å². The standard InChI is InChI=1S/C15H15F3O/c1-4-12-6-5-10(2)13(7-12)8-14(19)11(3)9-15(16,17)18/h1,5-7,11H,8-9H2,2-3H3. The molecule has 1 aromatic rings. The molecule has 0 aliphatic heterocycles. The quantitative estimate of drug-likeness (QED) is 0.761. The number of halogens is 3. The van der Waals surface area contributed by atoms with Crippen LogP contribution in [0.5, 0.6) is 0 Å². The first-order valence-electron chi connectivity index (χ1n) is 5.88. The molecule has 4 heteroatoms. The largest absolute Gasteiger partial charge is 0.389 e. The zero-order chi connectivity index (χ0) is 14.6. The minimum absolute atomic E-state index is 0.0153. The first-order valence-corrected chi connectivity index (χ1v) is 5.88. The Kier molecular flexibility index (Phi) is 4.77. The van der Waals surface area contributed by atoms with Gasteiger partial charge in [-0.2, -0.15) is 13.2 Å². The summed E-state index contributed by atoms with van der Waals surface area (Å²) in [6.07, 6.45) is -0.155. The van der Waals surface area contributed by atoms with Gasteiger partial charge in [0.15, 0.2) is 0 Å².